The first-order chi connectivity index (χ1) is 8.97. The van der Waals surface area contributed by atoms with E-state index in [9.17, 15) is 9.50 Å². The average Bonchev–Trinajstić information content (AvgIpc) is 2.32. The molecular formula is C15H15BrFNO. The van der Waals surface area contributed by atoms with Gasteiger partial charge in [0.2, 0.25) is 0 Å². The number of anilines is 1. The number of benzene rings is 2. The summed E-state index contributed by atoms with van der Waals surface area (Å²) in [5.74, 6) is -0.250. The molecule has 100 valence electrons. The van der Waals surface area contributed by atoms with Crippen molar-refractivity contribution in [1.29, 1.82) is 0 Å². The van der Waals surface area contributed by atoms with Gasteiger partial charge in [-0.3, -0.25) is 0 Å². The van der Waals surface area contributed by atoms with Gasteiger partial charge in [0.15, 0.2) is 0 Å². The van der Waals surface area contributed by atoms with Crippen LogP contribution in [-0.4, -0.2) is 5.11 Å². The Kier molecular flexibility index (Phi) is 4.10. The van der Waals surface area contributed by atoms with Gasteiger partial charge in [-0.2, -0.15) is 0 Å². The van der Waals surface area contributed by atoms with Crippen molar-refractivity contribution in [1.82, 2.24) is 0 Å². The van der Waals surface area contributed by atoms with Crippen LogP contribution < -0.4 is 5.32 Å². The van der Waals surface area contributed by atoms with E-state index in [1.807, 2.05) is 26.0 Å². The number of phenols is 1. The molecule has 0 aromatic heterocycles. The molecule has 0 fully saturated rings. The molecular weight excluding hydrogens is 309 g/mol. The molecule has 0 aliphatic rings. The minimum absolute atomic E-state index is 0.0984. The molecule has 0 amide bonds. The maximum Gasteiger partial charge on any atom is 0.123 e. The Hall–Kier alpha value is -1.55. The van der Waals surface area contributed by atoms with E-state index in [1.165, 1.54) is 18.2 Å². The SMILES string of the molecule is Cc1cc(Br)cc(C)c1NCc1cc(F)ccc1O. The van der Waals surface area contributed by atoms with Crippen LogP contribution in [0.1, 0.15) is 16.7 Å². The summed E-state index contributed by atoms with van der Waals surface area (Å²) >= 11 is 3.45. The van der Waals surface area contributed by atoms with Crippen molar-refractivity contribution in [3.05, 3.63) is 57.3 Å². The highest BCUT2D eigenvalue weighted by atomic mass is 79.9. The number of hydrogen-bond acceptors (Lipinski definition) is 2. The van der Waals surface area contributed by atoms with Gasteiger partial charge < -0.3 is 10.4 Å². The second-order valence-corrected chi connectivity index (χ2v) is 5.46. The summed E-state index contributed by atoms with van der Waals surface area (Å²) in [6.45, 7) is 4.39. The Labute approximate surface area is 120 Å². The highest BCUT2D eigenvalue weighted by Crippen LogP contribution is 2.26. The zero-order valence-corrected chi connectivity index (χ0v) is 12.4. The smallest absolute Gasteiger partial charge is 0.123 e. The van der Waals surface area contributed by atoms with Gasteiger partial charge in [-0.15, -0.1) is 0 Å². The van der Waals surface area contributed by atoms with Crippen molar-refractivity contribution in [2.24, 2.45) is 0 Å². The monoisotopic (exact) mass is 323 g/mol. The van der Waals surface area contributed by atoms with E-state index in [-0.39, 0.29) is 11.6 Å². The molecule has 0 saturated carbocycles. The summed E-state index contributed by atoms with van der Waals surface area (Å²) in [4.78, 5) is 0. The van der Waals surface area contributed by atoms with Crippen molar-refractivity contribution in [3.8, 4) is 5.75 Å². The van der Waals surface area contributed by atoms with E-state index in [1.54, 1.807) is 0 Å². The third-order valence-corrected chi connectivity index (χ3v) is 3.45. The lowest BCUT2D eigenvalue weighted by Gasteiger charge is -2.14. The Morgan fingerprint density at radius 3 is 2.42 bits per heavy atom. The highest BCUT2D eigenvalue weighted by Gasteiger charge is 2.07. The van der Waals surface area contributed by atoms with Gasteiger partial charge in [-0.25, -0.2) is 4.39 Å². The van der Waals surface area contributed by atoms with Crippen LogP contribution >= 0.6 is 15.9 Å². The fourth-order valence-electron chi connectivity index (χ4n) is 2.07. The summed E-state index contributed by atoms with van der Waals surface area (Å²) in [6, 6.07) is 7.98. The van der Waals surface area contributed by atoms with Crippen LogP contribution in [0.5, 0.6) is 5.75 Å². The average molecular weight is 324 g/mol. The fourth-order valence-corrected chi connectivity index (χ4v) is 2.76. The summed E-state index contributed by atoms with van der Waals surface area (Å²) < 4.78 is 14.2. The quantitative estimate of drug-likeness (QED) is 0.870. The third-order valence-electron chi connectivity index (χ3n) is 2.99. The normalized spacial score (nSPS) is 10.5. The minimum atomic E-state index is -0.348. The largest absolute Gasteiger partial charge is 0.508 e. The molecule has 2 aromatic carbocycles. The molecule has 2 nitrogen and oxygen atoms in total. The Balaban J connectivity index is 2.21. The van der Waals surface area contributed by atoms with E-state index < -0.39 is 0 Å². The lowest BCUT2D eigenvalue weighted by Crippen LogP contribution is -2.03. The first-order valence-electron chi connectivity index (χ1n) is 5.95. The third kappa shape index (κ3) is 3.26. The van der Waals surface area contributed by atoms with E-state index in [2.05, 4.69) is 21.2 Å². The van der Waals surface area contributed by atoms with Crippen molar-refractivity contribution < 1.29 is 9.50 Å². The summed E-state index contributed by atoms with van der Waals surface area (Å²) in [5, 5.41) is 12.9. The van der Waals surface area contributed by atoms with E-state index in [0.29, 0.717) is 12.1 Å². The van der Waals surface area contributed by atoms with Crippen LogP contribution in [0, 0.1) is 19.7 Å². The van der Waals surface area contributed by atoms with Crippen LogP contribution in [0.3, 0.4) is 0 Å². The molecule has 0 bridgehead atoms. The number of hydrogen-bond donors (Lipinski definition) is 2. The van der Waals surface area contributed by atoms with Gasteiger partial charge in [-0.1, -0.05) is 15.9 Å². The molecule has 2 rings (SSSR count). The second-order valence-electron chi connectivity index (χ2n) is 4.54. The highest BCUT2D eigenvalue weighted by molar-refractivity contribution is 9.10. The van der Waals surface area contributed by atoms with Crippen LogP contribution in [0.15, 0.2) is 34.8 Å². The molecule has 0 aliphatic carbocycles. The van der Waals surface area contributed by atoms with Crippen LogP contribution in [0.25, 0.3) is 0 Å². The number of aryl methyl sites for hydroxylation is 2. The number of rotatable bonds is 3. The molecule has 0 unspecified atom stereocenters. The molecule has 0 aliphatic heterocycles. The first kappa shape index (κ1) is 13.9. The number of halogens is 2. The van der Waals surface area contributed by atoms with Gasteiger partial charge >= 0.3 is 0 Å². The van der Waals surface area contributed by atoms with Gasteiger partial charge in [0.1, 0.15) is 11.6 Å². The first-order valence-corrected chi connectivity index (χ1v) is 6.74. The predicted octanol–water partition coefficient (Wildman–Crippen LogP) is 4.52. The molecule has 0 saturated heterocycles. The van der Waals surface area contributed by atoms with Crippen molar-refractivity contribution >= 4 is 21.6 Å². The van der Waals surface area contributed by atoms with Gasteiger partial charge in [0, 0.05) is 22.3 Å². The number of nitrogens with one attached hydrogen (secondary N) is 1. The molecule has 0 atom stereocenters. The molecule has 2 N–H and O–H groups in total. The standard InChI is InChI=1S/C15H15BrFNO/c1-9-5-12(16)6-10(2)15(9)18-8-11-7-13(17)3-4-14(11)19/h3-7,18-19H,8H2,1-2H3. The molecule has 19 heavy (non-hydrogen) atoms. The number of phenolic OH excluding ortho intramolecular Hbond substituents is 1. The number of aromatic hydroxyl groups is 1. The minimum Gasteiger partial charge on any atom is -0.508 e. The summed E-state index contributed by atoms with van der Waals surface area (Å²) in [7, 11) is 0. The van der Waals surface area contributed by atoms with Crippen molar-refractivity contribution in [3.63, 3.8) is 0 Å². The van der Waals surface area contributed by atoms with Gasteiger partial charge in [0.25, 0.3) is 0 Å². The molecule has 0 spiro atoms. The summed E-state index contributed by atoms with van der Waals surface area (Å²) in [5.41, 5.74) is 3.75. The van der Waals surface area contributed by atoms with E-state index in [0.717, 1.165) is 21.3 Å². The maximum atomic E-state index is 13.1. The fraction of sp³-hybridized carbons (Fsp3) is 0.200. The maximum absolute atomic E-state index is 13.1. The lowest BCUT2D eigenvalue weighted by atomic mass is 10.1. The van der Waals surface area contributed by atoms with E-state index in [4.69, 9.17) is 0 Å². The van der Waals surface area contributed by atoms with Crippen LogP contribution in [0.4, 0.5) is 10.1 Å². The second kappa shape index (κ2) is 5.61. The zero-order chi connectivity index (χ0) is 14.0. The molecule has 4 heteroatoms. The van der Waals surface area contributed by atoms with Crippen molar-refractivity contribution in [2.75, 3.05) is 5.32 Å². The molecule has 0 heterocycles. The van der Waals surface area contributed by atoms with Crippen molar-refractivity contribution in [2.45, 2.75) is 20.4 Å². The Morgan fingerprint density at radius 2 is 1.79 bits per heavy atom. The van der Waals surface area contributed by atoms with Gasteiger partial charge in [0.05, 0.1) is 0 Å². The van der Waals surface area contributed by atoms with Crippen LogP contribution in [-0.2, 0) is 6.54 Å². The zero-order valence-electron chi connectivity index (χ0n) is 10.8. The molecule has 0 radical (unpaired) electrons. The Morgan fingerprint density at radius 1 is 1.16 bits per heavy atom. The lowest BCUT2D eigenvalue weighted by molar-refractivity contribution is 0.466. The van der Waals surface area contributed by atoms with E-state index >= 15 is 0 Å². The molecule has 2 aromatic rings. The predicted molar refractivity (Wildman–Crippen MR) is 79.0 cm³/mol. The topological polar surface area (TPSA) is 32.3 Å². The van der Waals surface area contributed by atoms with Crippen LogP contribution in [0.2, 0.25) is 0 Å². The Bertz CT molecular complexity index is 590. The van der Waals surface area contributed by atoms with Gasteiger partial charge in [-0.05, 0) is 55.3 Å². The summed E-state index contributed by atoms with van der Waals surface area (Å²) in [6.07, 6.45) is 0.